The quantitative estimate of drug-likeness (QED) is 0.407. The first kappa shape index (κ1) is 28.7. The minimum Gasteiger partial charge on any atom is -0.361 e. The Balaban J connectivity index is 1.38. The van der Waals surface area contributed by atoms with Gasteiger partial charge in [-0.2, -0.15) is 13.2 Å². The molecule has 7 heteroatoms. The molecule has 224 valence electrons. The van der Waals surface area contributed by atoms with Crippen LogP contribution in [0.1, 0.15) is 111 Å². The molecule has 2 unspecified atom stereocenters. The fourth-order valence-corrected chi connectivity index (χ4v) is 11.9. The van der Waals surface area contributed by atoms with E-state index in [1.807, 2.05) is 6.20 Å². The second-order valence-electron chi connectivity index (χ2n) is 16.8. The number of fused-ring (bicyclic) bond motifs is 8. The van der Waals surface area contributed by atoms with E-state index in [-0.39, 0.29) is 50.2 Å². The fourth-order valence-electron chi connectivity index (χ4n) is 11.9. The highest BCUT2D eigenvalue weighted by Crippen LogP contribution is 2.76. The summed E-state index contributed by atoms with van der Waals surface area (Å²) in [7, 11) is 0. The van der Waals surface area contributed by atoms with Crippen LogP contribution in [-0.2, 0) is 16.6 Å². The maximum absolute atomic E-state index is 14.6. The maximum Gasteiger partial charge on any atom is 0.401 e. The van der Waals surface area contributed by atoms with E-state index in [9.17, 15) is 18.0 Å². The average molecular weight is 563 g/mol. The van der Waals surface area contributed by atoms with E-state index in [4.69, 9.17) is 4.52 Å². The van der Waals surface area contributed by atoms with Crippen LogP contribution in [-0.4, -0.2) is 30.2 Å². The predicted octanol–water partition coefficient (Wildman–Crippen LogP) is 7.90. The summed E-state index contributed by atoms with van der Waals surface area (Å²) in [5, 5.41) is 7.00. The number of nitrogens with one attached hydrogen (secondary N) is 1. The Bertz CT molecular complexity index is 1190. The molecule has 0 aromatic carbocycles. The molecule has 0 radical (unpaired) electrons. The van der Waals surface area contributed by atoms with Crippen molar-refractivity contribution in [2.45, 2.75) is 118 Å². The topological polar surface area (TPSA) is 55.1 Å². The second-order valence-corrected chi connectivity index (χ2v) is 16.8. The molecule has 4 nitrogen and oxygen atoms in total. The number of nitrogens with zero attached hydrogens (tertiary/aromatic N) is 1. The first-order valence-electron chi connectivity index (χ1n) is 15.6. The van der Waals surface area contributed by atoms with Gasteiger partial charge in [0.15, 0.2) is 0 Å². The first-order chi connectivity index (χ1) is 18.4. The van der Waals surface area contributed by atoms with E-state index >= 15 is 0 Å². The molecule has 0 saturated heterocycles. The van der Waals surface area contributed by atoms with Gasteiger partial charge in [0.25, 0.3) is 0 Å². The number of carbonyl (C=O) groups excluding carboxylic acids is 1. The van der Waals surface area contributed by atoms with Crippen molar-refractivity contribution in [3.63, 3.8) is 0 Å². The Hall–Kier alpha value is -1.37. The van der Waals surface area contributed by atoms with Crippen LogP contribution in [0.25, 0.3) is 0 Å². The standard InChI is InChI=1S/C33H49F3N2O2/c1-27(2)10-12-32(18-37-19-33(34,35)36)13-11-31(7)25(21(32)16-27)22(39)14-24-29(5)15-20-17-38-40-26(20)28(3,4)23(29)8-9-30(24,31)6/h17,21,23-25,37H,8-16,18-19H2,1-7H3/t21?,23-,24+,25?,29-,30+,31+,32+/m0/s1. The molecular formula is C33H49F3N2O2. The molecule has 4 saturated carbocycles. The Morgan fingerprint density at radius 1 is 0.975 bits per heavy atom. The van der Waals surface area contributed by atoms with Crippen LogP contribution in [0.5, 0.6) is 0 Å². The van der Waals surface area contributed by atoms with E-state index in [2.05, 4.69) is 58.9 Å². The van der Waals surface area contributed by atoms with Crippen molar-refractivity contribution < 1.29 is 22.5 Å². The molecule has 5 aliphatic carbocycles. The Labute approximate surface area is 238 Å². The van der Waals surface area contributed by atoms with Crippen molar-refractivity contribution in [1.82, 2.24) is 10.5 Å². The average Bonchev–Trinajstić information content (AvgIpc) is 3.29. The molecule has 0 spiro atoms. The van der Waals surface area contributed by atoms with E-state index in [1.165, 1.54) is 5.56 Å². The third kappa shape index (κ3) is 3.87. The molecule has 1 aromatic heterocycles. The number of aromatic nitrogens is 1. The lowest BCUT2D eigenvalue weighted by Crippen LogP contribution is -2.69. The van der Waals surface area contributed by atoms with Crippen LogP contribution in [0.3, 0.4) is 0 Å². The summed E-state index contributed by atoms with van der Waals surface area (Å²) < 4.78 is 45.3. The number of hydrogen-bond acceptors (Lipinski definition) is 4. The molecule has 40 heavy (non-hydrogen) atoms. The number of rotatable bonds is 3. The number of ketones is 1. The molecule has 5 aliphatic rings. The van der Waals surface area contributed by atoms with Gasteiger partial charge in [0.2, 0.25) is 0 Å². The molecule has 0 bridgehead atoms. The molecule has 6 rings (SSSR count). The van der Waals surface area contributed by atoms with Crippen molar-refractivity contribution in [2.75, 3.05) is 13.1 Å². The Kier molecular flexibility index (Phi) is 6.18. The van der Waals surface area contributed by atoms with Gasteiger partial charge in [-0.1, -0.05) is 53.6 Å². The normalized spacial score (nSPS) is 45.5. The lowest BCUT2D eigenvalue weighted by atomic mass is 9.31. The first-order valence-corrected chi connectivity index (χ1v) is 15.6. The van der Waals surface area contributed by atoms with Crippen LogP contribution in [0, 0.1) is 50.7 Å². The summed E-state index contributed by atoms with van der Waals surface area (Å²) in [6.07, 6.45) is 5.99. The van der Waals surface area contributed by atoms with Crippen LogP contribution in [0.4, 0.5) is 13.2 Å². The van der Waals surface area contributed by atoms with Crippen molar-refractivity contribution in [1.29, 1.82) is 0 Å². The largest absolute Gasteiger partial charge is 0.401 e. The SMILES string of the molecule is CC1(C)CC[C@]2(CNCC(F)(F)F)CC[C@]3(C)C(C(=O)C[C@@H]4[C@@]5(C)Cc6cnoc6C(C)(C)[C@@H]5CC[C@]43C)C2C1. The summed E-state index contributed by atoms with van der Waals surface area (Å²) in [5.41, 5.74) is 0.708. The van der Waals surface area contributed by atoms with Gasteiger partial charge in [0.1, 0.15) is 11.5 Å². The number of carbonyl (C=O) groups is 1. The molecule has 1 N–H and O–H groups in total. The van der Waals surface area contributed by atoms with Gasteiger partial charge in [0.05, 0.1) is 12.7 Å². The molecule has 8 atom stereocenters. The number of alkyl halides is 3. The van der Waals surface area contributed by atoms with Gasteiger partial charge in [-0.25, -0.2) is 0 Å². The number of halogens is 3. The smallest absolute Gasteiger partial charge is 0.361 e. The highest BCUT2D eigenvalue weighted by atomic mass is 19.4. The van der Waals surface area contributed by atoms with Gasteiger partial charge >= 0.3 is 6.18 Å². The van der Waals surface area contributed by atoms with Gasteiger partial charge in [0, 0.05) is 29.9 Å². The van der Waals surface area contributed by atoms with E-state index in [0.29, 0.717) is 24.7 Å². The summed E-state index contributed by atoms with van der Waals surface area (Å²) in [5.74, 6) is 2.11. The van der Waals surface area contributed by atoms with Crippen LogP contribution >= 0.6 is 0 Å². The van der Waals surface area contributed by atoms with Gasteiger partial charge in [-0.05, 0) is 96.2 Å². The van der Waals surface area contributed by atoms with Crippen LogP contribution in [0.2, 0.25) is 0 Å². The van der Waals surface area contributed by atoms with Crippen LogP contribution in [0.15, 0.2) is 10.7 Å². The lowest BCUT2D eigenvalue weighted by molar-refractivity contribution is -0.228. The van der Waals surface area contributed by atoms with Crippen molar-refractivity contribution in [3.8, 4) is 0 Å². The zero-order valence-corrected chi connectivity index (χ0v) is 25.6. The molecule has 1 aromatic rings. The summed E-state index contributed by atoms with van der Waals surface area (Å²) in [6, 6.07) is 0. The monoisotopic (exact) mass is 562 g/mol. The Morgan fingerprint density at radius 3 is 2.38 bits per heavy atom. The van der Waals surface area contributed by atoms with E-state index in [1.54, 1.807) is 0 Å². The second kappa shape index (κ2) is 8.60. The summed E-state index contributed by atoms with van der Waals surface area (Å²) in [4.78, 5) is 14.6. The summed E-state index contributed by atoms with van der Waals surface area (Å²) >= 11 is 0. The van der Waals surface area contributed by atoms with Crippen LogP contribution < -0.4 is 5.32 Å². The van der Waals surface area contributed by atoms with Gasteiger partial charge in [-0.15, -0.1) is 0 Å². The molecule has 4 fully saturated rings. The highest BCUT2D eigenvalue weighted by Gasteiger charge is 2.72. The van der Waals surface area contributed by atoms with Gasteiger partial charge in [-0.3, -0.25) is 4.79 Å². The molecular weight excluding hydrogens is 513 g/mol. The highest BCUT2D eigenvalue weighted by molar-refractivity contribution is 5.84. The Morgan fingerprint density at radius 2 is 1.68 bits per heavy atom. The predicted molar refractivity (Wildman–Crippen MR) is 149 cm³/mol. The fraction of sp³-hybridized carbons (Fsp3) is 0.879. The number of Topliss-reactive ketones (excluding diaryl/α,β-unsaturated/α-hetero) is 1. The third-order valence-electron chi connectivity index (χ3n) is 13.9. The van der Waals surface area contributed by atoms with Crippen molar-refractivity contribution in [2.24, 2.45) is 50.7 Å². The minimum atomic E-state index is -4.23. The van der Waals surface area contributed by atoms with E-state index in [0.717, 1.165) is 57.1 Å². The zero-order valence-electron chi connectivity index (χ0n) is 25.6. The number of hydrogen-bond donors (Lipinski definition) is 1. The van der Waals surface area contributed by atoms with Crippen molar-refractivity contribution >= 4 is 5.78 Å². The molecule has 1 heterocycles. The zero-order chi connectivity index (χ0) is 29.1. The summed E-state index contributed by atoms with van der Waals surface area (Å²) in [6.45, 7) is 15.9. The van der Waals surface area contributed by atoms with Gasteiger partial charge < -0.3 is 9.84 Å². The lowest BCUT2D eigenvalue weighted by Gasteiger charge is -2.72. The van der Waals surface area contributed by atoms with Crippen molar-refractivity contribution in [3.05, 3.63) is 17.5 Å². The molecule has 0 amide bonds. The maximum atomic E-state index is 14.6. The minimum absolute atomic E-state index is 0.00524. The molecule has 0 aliphatic heterocycles. The van der Waals surface area contributed by atoms with E-state index < -0.39 is 12.7 Å². The third-order valence-corrected chi connectivity index (χ3v) is 13.9.